The predicted molar refractivity (Wildman–Crippen MR) is 218 cm³/mol. The Kier molecular flexibility index (Phi) is 9.77. The molecule has 10 aromatic rings. The first kappa shape index (κ1) is 36.5. The number of rotatable bonds is 7. The first-order valence-electron chi connectivity index (χ1n) is 18.1. The summed E-state index contributed by atoms with van der Waals surface area (Å²) in [5.74, 6) is 0.803. The van der Waals surface area contributed by atoms with Crippen LogP contribution in [-0.2, 0) is 0 Å². The molecule has 0 radical (unpaired) electrons. The molecule has 0 atom stereocenters. The van der Waals surface area contributed by atoms with Crippen molar-refractivity contribution in [1.82, 2.24) is 49.8 Å². The molecular formula is C45H29F3N10O. The third-order valence-corrected chi connectivity index (χ3v) is 9.42. The van der Waals surface area contributed by atoms with Gasteiger partial charge in [-0.2, -0.15) is 0 Å². The van der Waals surface area contributed by atoms with E-state index >= 15 is 0 Å². The van der Waals surface area contributed by atoms with Crippen LogP contribution in [0.1, 0.15) is 0 Å². The van der Waals surface area contributed by atoms with Gasteiger partial charge in [-0.25, -0.2) is 33.1 Å². The van der Waals surface area contributed by atoms with Crippen LogP contribution in [0.5, 0.6) is 5.75 Å². The summed E-state index contributed by atoms with van der Waals surface area (Å²) in [6, 6.07) is 27.9. The smallest absolute Gasteiger partial charge is 0.178 e. The van der Waals surface area contributed by atoms with Gasteiger partial charge < -0.3 is 14.7 Å². The van der Waals surface area contributed by atoms with E-state index in [2.05, 4.69) is 44.9 Å². The Bertz CT molecular complexity index is 3070. The van der Waals surface area contributed by atoms with Crippen molar-refractivity contribution in [3.05, 3.63) is 164 Å². The van der Waals surface area contributed by atoms with Crippen molar-refractivity contribution in [3.8, 4) is 73.3 Å². The maximum absolute atomic E-state index is 14.6. The molecule has 0 fully saturated rings. The van der Waals surface area contributed by atoms with E-state index in [1.807, 2.05) is 54.6 Å². The van der Waals surface area contributed by atoms with Gasteiger partial charge in [-0.3, -0.25) is 19.9 Å². The molecule has 8 aromatic heterocycles. The van der Waals surface area contributed by atoms with Crippen molar-refractivity contribution in [2.24, 2.45) is 0 Å². The zero-order valence-electron chi connectivity index (χ0n) is 31.0. The molecule has 0 unspecified atom stereocenters. The molecule has 0 bridgehead atoms. The normalized spacial score (nSPS) is 11.1. The lowest BCUT2D eigenvalue weighted by Crippen LogP contribution is -1.94. The number of nitrogens with one attached hydrogen (secondary N) is 2. The van der Waals surface area contributed by atoms with Crippen molar-refractivity contribution in [1.29, 1.82) is 0 Å². The molecule has 10 rings (SSSR count). The Hall–Kier alpha value is -8.13. The summed E-state index contributed by atoms with van der Waals surface area (Å²) in [6.45, 7) is 0. The number of ether oxygens (including phenoxy) is 1. The van der Waals surface area contributed by atoms with Crippen LogP contribution in [-0.4, -0.2) is 56.9 Å². The minimum atomic E-state index is -0.447. The van der Waals surface area contributed by atoms with Gasteiger partial charge in [0.1, 0.15) is 34.8 Å². The Balaban J connectivity index is 0.000000152. The molecule has 0 amide bonds. The van der Waals surface area contributed by atoms with Crippen LogP contribution in [0.4, 0.5) is 13.2 Å². The average Bonchev–Trinajstić information content (AvgIpc) is 3.91. The number of fused-ring (bicyclic) bond motifs is 2. The molecule has 59 heavy (non-hydrogen) atoms. The number of pyridine rings is 6. The van der Waals surface area contributed by atoms with Gasteiger partial charge in [0.05, 0.1) is 41.9 Å². The lowest BCUT2D eigenvalue weighted by molar-refractivity contribution is 0.415. The molecule has 0 aliphatic carbocycles. The topological polar surface area (TPSA) is 144 Å². The van der Waals surface area contributed by atoms with Crippen LogP contribution in [0.3, 0.4) is 0 Å². The number of nitrogens with zero attached hydrogens (tertiary/aromatic N) is 8. The summed E-state index contributed by atoms with van der Waals surface area (Å²) in [4.78, 5) is 41.1. The van der Waals surface area contributed by atoms with Crippen molar-refractivity contribution in [3.63, 3.8) is 0 Å². The number of hydrogen-bond donors (Lipinski definition) is 2. The van der Waals surface area contributed by atoms with Gasteiger partial charge in [-0.1, -0.05) is 0 Å². The van der Waals surface area contributed by atoms with Crippen LogP contribution in [0, 0.1) is 17.5 Å². The number of halogens is 3. The zero-order chi connectivity index (χ0) is 40.3. The van der Waals surface area contributed by atoms with E-state index in [4.69, 9.17) is 9.72 Å². The SMILES string of the molecule is COc1ccc(-c2nc3nc(-c4cccnc4)c(-c4ccncc4F)cc3[nH]2)cc1.Fc1ccc(-c2nc3nc(-c4cccnc4)c(-c4ccncc4F)cc3[nH]2)cc1. The fourth-order valence-electron chi connectivity index (χ4n) is 6.56. The summed E-state index contributed by atoms with van der Waals surface area (Å²) >= 11 is 0. The Morgan fingerprint density at radius 2 is 0.915 bits per heavy atom. The summed E-state index contributed by atoms with van der Waals surface area (Å²) in [7, 11) is 1.62. The summed E-state index contributed by atoms with van der Waals surface area (Å²) < 4.78 is 47.5. The lowest BCUT2D eigenvalue weighted by Gasteiger charge is -2.09. The van der Waals surface area contributed by atoms with Gasteiger partial charge in [-0.15, -0.1) is 0 Å². The van der Waals surface area contributed by atoms with Gasteiger partial charge in [0.25, 0.3) is 0 Å². The highest BCUT2D eigenvalue weighted by Crippen LogP contribution is 2.36. The molecule has 2 aromatic carbocycles. The van der Waals surface area contributed by atoms with E-state index in [-0.39, 0.29) is 5.82 Å². The molecule has 2 N–H and O–H groups in total. The Morgan fingerprint density at radius 3 is 1.34 bits per heavy atom. The van der Waals surface area contributed by atoms with Crippen molar-refractivity contribution >= 4 is 22.3 Å². The second kappa shape index (κ2) is 15.8. The average molecular weight is 783 g/mol. The van der Waals surface area contributed by atoms with Crippen molar-refractivity contribution in [2.45, 2.75) is 0 Å². The van der Waals surface area contributed by atoms with E-state index in [1.165, 1.54) is 30.7 Å². The van der Waals surface area contributed by atoms with Crippen LogP contribution in [0.25, 0.3) is 89.9 Å². The van der Waals surface area contributed by atoms with Gasteiger partial charge in [0.15, 0.2) is 11.3 Å². The molecule has 0 aliphatic heterocycles. The van der Waals surface area contributed by atoms with Crippen LogP contribution >= 0.6 is 0 Å². The van der Waals surface area contributed by atoms with Gasteiger partial charge in [-0.05, 0) is 97.1 Å². The number of imidazole rings is 2. The molecule has 11 nitrogen and oxygen atoms in total. The van der Waals surface area contributed by atoms with Crippen LogP contribution < -0.4 is 4.74 Å². The summed E-state index contributed by atoms with van der Waals surface area (Å²) in [5.41, 5.74) is 8.71. The first-order chi connectivity index (χ1) is 28.9. The molecule has 0 spiro atoms. The quantitative estimate of drug-likeness (QED) is 0.161. The highest BCUT2D eigenvalue weighted by Gasteiger charge is 2.19. The van der Waals surface area contributed by atoms with E-state index < -0.39 is 11.6 Å². The zero-order valence-corrected chi connectivity index (χ0v) is 31.0. The highest BCUT2D eigenvalue weighted by molar-refractivity contribution is 5.91. The second-order valence-electron chi connectivity index (χ2n) is 13.1. The lowest BCUT2D eigenvalue weighted by atomic mass is 10.0. The number of aromatic amines is 2. The molecule has 0 aliphatic rings. The van der Waals surface area contributed by atoms with Gasteiger partial charge in [0.2, 0.25) is 0 Å². The third kappa shape index (κ3) is 7.45. The number of H-pyrrole nitrogens is 2. The van der Waals surface area contributed by atoms with E-state index in [0.717, 1.165) is 28.0 Å². The first-order valence-corrected chi connectivity index (χ1v) is 18.1. The molecule has 0 saturated carbocycles. The minimum Gasteiger partial charge on any atom is -0.497 e. The van der Waals surface area contributed by atoms with E-state index in [9.17, 15) is 13.2 Å². The largest absolute Gasteiger partial charge is 0.497 e. The van der Waals surface area contributed by atoms with Crippen LogP contribution in [0.2, 0.25) is 0 Å². The minimum absolute atomic E-state index is 0.322. The van der Waals surface area contributed by atoms with Crippen LogP contribution in [0.15, 0.2) is 147 Å². The van der Waals surface area contributed by atoms with Gasteiger partial charge >= 0.3 is 0 Å². The summed E-state index contributed by atoms with van der Waals surface area (Å²) in [6.07, 6.45) is 12.2. The number of benzene rings is 2. The highest BCUT2D eigenvalue weighted by atomic mass is 19.1. The summed E-state index contributed by atoms with van der Waals surface area (Å²) in [5, 5.41) is 0. The van der Waals surface area contributed by atoms with Crippen molar-refractivity contribution in [2.75, 3.05) is 7.11 Å². The third-order valence-electron chi connectivity index (χ3n) is 9.42. The molecular weight excluding hydrogens is 754 g/mol. The number of methoxy groups -OCH3 is 1. The monoisotopic (exact) mass is 782 g/mol. The fraction of sp³-hybridized carbons (Fsp3) is 0.0222. The molecule has 8 heterocycles. The maximum atomic E-state index is 14.6. The van der Waals surface area contributed by atoms with E-state index in [1.54, 1.807) is 68.4 Å². The number of hydrogen-bond acceptors (Lipinski definition) is 9. The maximum Gasteiger partial charge on any atom is 0.178 e. The van der Waals surface area contributed by atoms with Crippen molar-refractivity contribution < 1.29 is 17.9 Å². The second-order valence-corrected chi connectivity index (χ2v) is 13.1. The standard InChI is InChI=1S/C23H16FN5O.C22H13F2N5/c1-30-16-6-4-14(5-7-16)22-27-20-11-18(17-8-10-26-13-19(17)24)21(28-23(20)29-22)15-3-2-9-25-12-15;23-15-5-3-13(4-6-15)21-27-19-10-17(16-7-9-26-12-18(16)24)20(28-22(19)29-21)14-2-1-8-25-11-14/h2-13H,1H3,(H,27,28,29);1-12H,(H,27,28,29). The Labute approximate surface area is 333 Å². The van der Waals surface area contributed by atoms with Gasteiger partial charge in [0, 0.05) is 81.7 Å². The molecule has 14 heteroatoms. The molecule has 286 valence electrons. The van der Waals surface area contributed by atoms with E-state index in [0.29, 0.717) is 67.6 Å². The Morgan fingerprint density at radius 1 is 0.458 bits per heavy atom. The number of aromatic nitrogens is 10. The predicted octanol–water partition coefficient (Wildman–Crippen LogP) is 9.92. The fourth-order valence-corrected chi connectivity index (χ4v) is 6.56. The molecule has 0 saturated heterocycles.